The zero-order valence-corrected chi connectivity index (χ0v) is 20.4. The average Bonchev–Trinajstić information content (AvgIpc) is 3.21. The summed E-state index contributed by atoms with van der Waals surface area (Å²) in [5.74, 6) is 2.07. The molecule has 0 saturated carbocycles. The number of aliphatic hydroxyl groups is 1. The highest BCUT2D eigenvalue weighted by atomic mass is 16.5. The molecule has 0 fully saturated rings. The summed E-state index contributed by atoms with van der Waals surface area (Å²) < 4.78 is 22.2. The lowest BCUT2D eigenvalue weighted by Gasteiger charge is -2.27. The number of benzene rings is 2. The van der Waals surface area contributed by atoms with Crippen molar-refractivity contribution in [2.75, 3.05) is 27.4 Å². The number of nitrogens with one attached hydrogen (secondary N) is 2. The number of nitrogens with zero attached hydrogens (tertiary/aromatic N) is 1. The predicted molar refractivity (Wildman–Crippen MR) is 133 cm³/mol. The molecule has 0 aliphatic carbocycles. The fourth-order valence-corrected chi connectivity index (χ4v) is 3.73. The first kappa shape index (κ1) is 26.1. The van der Waals surface area contributed by atoms with Crippen LogP contribution in [0.3, 0.4) is 0 Å². The number of hydrogen-bond donors (Lipinski definition) is 3. The van der Waals surface area contributed by atoms with Crippen molar-refractivity contribution < 1.29 is 28.8 Å². The molecule has 0 spiro atoms. The highest BCUT2D eigenvalue weighted by Gasteiger charge is 2.49. The average molecular weight is 484 g/mol. The van der Waals surface area contributed by atoms with Gasteiger partial charge in [-0.1, -0.05) is 12.1 Å². The van der Waals surface area contributed by atoms with Crippen molar-refractivity contribution in [2.24, 2.45) is 4.99 Å². The maximum atomic E-state index is 13.3. The maximum Gasteiger partial charge on any atom is 0.266 e. The van der Waals surface area contributed by atoms with E-state index in [1.807, 2.05) is 31.2 Å². The Hall–Kier alpha value is -3.56. The highest BCUT2D eigenvalue weighted by Crippen LogP contribution is 2.32. The number of rotatable bonds is 13. The van der Waals surface area contributed by atoms with E-state index in [1.54, 1.807) is 38.5 Å². The number of hydrogen-bond acceptors (Lipinski definition) is 8. The Kier molecular flexibility index (Phi) is 9.11. The van der Waals surface area contributed by atoms with Crippen molar-refractivity contribution in [3.8, 4) is 17.2 Å². The first-order valence-corrected chi connectivity index (χ1v) is 11.4. The van der Waals surface area contributed by atoms with Gasteiger partial charge in [0, 0.05) is 43.2 Å². The van der Waals surface area contributed by atoms with Crippen LogP contribution in [0.2, 0.25) is 0 Å². The van der Waals surface area contributed by atoms with Gasteiger partial charge in [-0.2, -0.15) is 0 Å². The van der Waals surface area contributed by atoms with Gasteiger partial charge < -0.3 is 24.1 Å². The number of methoxy groups -OCH3 is 2. The van der Waals surface area contributed by atoms with Crippen LogP contribution in [0, 0.1) is 0 Å². The third-order valence-electron chi connectivity index (χ3n) is 5.76. The van der Waals surface area contributed by atoms with Crippen molar-refractivity contribution in [1.82, 2.24) is 10.9 Å². The Balaban J connectivity index is 1.70. The second kappa shape index (κ2) is 12.2. The van der Waals surface area contributed by atoms with Crippen LogP contribution in [0.15, 0.2) is 60.1 Å². The third kappa shape index (κ3) is 6.12. The van der Waals surface area contributed by atoms with E-state index >= 15 is 0 Å². The topological polar surface area (TPSA) is 111 Å². The molecule has 1 aliphatic rings. The van der Waals surface area contributed by atoms with E-state index in [-0.39, 0.29) is 12.5 Å². The number of aliphatic imine (C=N–C) groups is 1. The first-order chi connectivity index (χ1) is 17.0. The molecule has 35 heavy (non-hydrogen) atoms. The number of aliphatic hydroxyl groups excluding tert-OH is 1. The minimum absolute atomic E-state index is 0.0799. The predicted octanol–water partition coefficient (Wildman–Crippen LogP) is 2.77. The number of hydrazine groups is 1. The van der Waals surface area contributed by atoms with Crippen LogP contribution in [-0.2, 0) is 16.1 Å². The summed E-state index contributed by atoms with van der Waals surface area (Å²) in [6.07, 6.45) is 2.02. The van der Waals surface area contributed by atoms with E-state index in [2.05, 4.69) is 17.4 Å². The Morgan fingerprint density at radius 2 is 1.94 bits per heavy atom. The van der Waals surface area contributed by atoms with Crippen molar-refractivity contribution in [3.05, 3.63) is 66.2 Å². The van der Waals surface area contributed by atoms with Crippen molar-refractivity contribution in [2.45, 2.75) is 38.0 Å². The van der Waals surface area contributed by atoms with Gasteiger partial charge in [-0.25, -0.2) is 10.4 Å². The van der Waals surface area contributed by atoms with Gasteiger partial charge in [0.2, 0.25) is 5.90 Å². The SMILES string of the molecule is C=CC[C@]1(C(=O)NNCc2ccc(OC)cc2OC)N=C(c2ccc(OCCCO)cc2)O[C@H]1C. The lowest BCUT2D eigenvalue weighted by molar-refractivity contribution is -0.129. The lowest BCUT2D eigenvalue weighted by atomic mass is 9.90. The molecule has 9 heteroatoms. The van der Waals surface area contributed by atoms with E-state index < -0.39 is 11.6 Å². The first-order valence-electron chi connectivity index (χ1n) is 11.4. The van der Waals surface area contributed by atoms with Gasteiger partial charge in [-0.3, -0.25) is 10.2 Å². The normalized spacial score (nSPS) is 18.9. The molecule has 9 nitrogen and oxygen atoms in total. The zero-order valence-electron chi connectivity index (χ0n) is 20.4. The fourth-order valence-electron chi connectivity index (χ4n) is 3.73. The lowest BCUT2D eigenvalue weighted by Crippen LogP contribution is -2.54. The summed E-state index contributed by atoms with van der Waals surface area (Å²) in [5.41, 5.74) is 6.16. The molecule has 0 aromatic heterocycles. The smallest absolute Gasteiger partial charge is 0.266 e. The Morgan fingerprint density at radius 1 is 1.20 bits per heavy atom. The second-order valence-corrected chi connectivity index (χ2v) is 8.03. The Bertz CT molecular complexity index is 1040. The molecule has 188 valence electrons. The summed E-state index contributed by atoms with van der Waals surface area (Å²) in [6.45, 7) is 6.48. The number of carbonyl (C=O) groups excluding carboxylic acids is 1. The van der Waals surface area contributed by atoms with E-state index in [0.717, 1.165) is 11.1 Å². The van der Waals surface area contributed by atoms with Gasteiger partial charge in [-0.15, -0.1) is 6.58 Å². The van der Waals surface area contributed by atoms with Crippen molar-refractivity contribution in [3.63, 3.8) is 0 Å². The summed E-state index contributed by atoms with van der Waals surface area (Å²) >= 11 is 0. The molecular formula is C26H33N3O6. The van der Waals surface area contributed by atoms with Crippen molar-refractivity contribution in [1.29, 1.82) is 0 Å². The molecule has 2 aromatic carbocycles. The molecule has 0 radical (unpaired) electrons. The van der Waals surface area contributed by atoms with Gasteiger partial charge in [0.15, 0.2) is 5.54 Å². The van der Waals surface area contributed by atoms with Crippen LogP contribution in [0.4, 0.5) is 0 Å². The maximum absolute atomic E-state index is 13.3. The van der Waals surface area contributed by atoms with Gasteiger partial charge in [-0.05, 0) is 37.3 Å². The van der Waals surface area contributed by atoms with Crippen LogP contribution in [0.1, 0.15) is 30.9 Å². The molecule has 0 bridgehead atoms. The zero-order chi connectivity index (χ0) is 25.3. The molecular weight excluding hydrogens is 450 g/mol. The molecule has 3 rings (SSSR count). The summed E-state index contributed by atoms with van der Waals surface area (Å²) in [7, 11) is 3.17. The summed E-state index contributed by atoms with van der Waals surface area (Å²) in [4.78, 5) is 18.0. The fraction of sp³-hybridized carbons (Fsp3) is 0.385. The van der Waals surface area contributed by atoms with Gasteiger partial charge in [0.25, 0.3) is 5.91 Å². The number of ether oxygens (including phenoxy) is 4. The van der Waals surface area contributed by atoms with Crippen LogP contribution in [0.25, 0.3) is 0 Å². The highest BCUT2D eigenvalue weighted by molar-refractivity contribution is 6.00. The quantitative estimate of drug-likeness (QED) is 0.228. The van der Waals surface area contributed by atoms with Crippen LogP contribution < -0.4 is 25.1 Å². The van der Waals surface area contributed by atoms with Crippen LogP contribution in [0.5, 0.6) is 17.2 Å². The molecule has 1 amide bonds. The van der Waals surface area contributed by atoms with Gasteiger partial charge in [0.1, 0.15) is 23.4 Å². The minimum atomic E-state index is -1.16. The van der Waals surface area contributed by atoms with E-state index in [0.29, 0.717) is 49.1 Å². The molecule has 2 atom stereocenters. The Morgan fingerprint density at radius 3 is 2.60 bits per heavy atom. The van der Waals surface area contributed by atoms with E-state index in [9.17, 15) is 4.79 Å². The molecule has 2 aromatic rings. The second-order valence-electron chi connectivity index (χ2n) is 8.03. The van der Waals surface area contributed by atoms with Gasteiger partial charge in [0.05, 0.1) is 20.8 Å². The van der Waals surface area contributed by atoms with Crippen LogP contribution in [-0.4, -0.2) is 56.0 Å². The van der Waals surface area contributed by atoms with E-state index in [1.165, 1.54) is 0 Å². The molecule has 3 N–H and O–H groups in total. The number of carbonyl (C=O) groups is 1. The molecule has 0 unspecified atom stereocenters. The van der Waals surface area contributed by atoms with Crippen molar-refractivity contribution >= 4 is 11.8 Å². The van der Waals surface area contributed by atoms with E-state index in [4.69, 9.17) is 29.0 Å². The standard InChI is InChI=1S/C26H33N3O6/c1-5-13-26(25(31)29-27-17-20-9-12-22(32-3)16-23(20)33-4)18(2)35-24(28-26)19-7-10-21(11-8-19)34-15-6-14-30/h5,7-12,16,18,27,30H,1,6,13-15,17H2,2-4H3,(H,29,31)/t18-,26-/m0/s1. The summed E-state index contributed by atoms with van der Waals surface area (Å²) in [5, 5.41) is 8.88. The minimum Gasteiger partial charge on any atom is -0.497 e. The summed E-state index contributed by atoms with van der Waals surface area (Å²) in [6, 6.07) is 12.7. The van der Waals surface area contributed by atoms with Crippen LogP contribution >= 0.6 is 0 Å². The molecule has 1 aliphatic heterocycles. The third-order valence-corrected chi connectivity index (χ3v) is 5.76. The number of amides is 1. The monoisotopic (exact) mass is 483 g/mol. The largest absolute Gasteiger partial charge is 0.497 e. The molecule has 1 heterocycles. The molecule has 0 saturated heterocycles. The Labute approximate surface area is 205 Å². The van der Waals surface area contributed by atoms with Gasteiger partial charge >= 0.3 is 0 Å².